The van der Waals surface area contributed by atoms with Crippen molar-refractivity contribution in [3.05, 3.63) is 35.9 Å². The number of carbonyl (C=O) groups excluding carboxylic acids is 1. The Kier molecular flexibility index (Phi) is 5.57. The van der Waals surface area contributed by atoms with Gasteiger partial charge in [0, 0.05) is 18.6 Å². The minimum atomic E-state index is -0.494. The highest BCUT2D eigenvalue weighted by molar-refractivity contribution is 5.85. The van der Waals surface area contributed by atoms with Crippen molar-refractivity contribution in [3.8, 4) is 0 Å². The summed E-state index contributed by atoms with van der Waals surface area (Å²) >= 11 is 0. The first kappa shape index (κ1) is 15.3. The number of hydrogen-bond acceptors (Lipinski definition) is 5. The van der Waals surface area contributed by atoms with Crippen LogP contribution in [0.4, 0.5) is 4.79 Å². The Hall–Kier alpha value is -2.08. The van der Waals surface area contributed by atoms with Crippen LogP contribution in [0.25, 0.3) is 0 Å². The van der Waals surface area contributed by atoms with E-state index >= 15 is 0 Å². The highest BCUT2D eigenvalue weighted by Gasteiger charge is 2.29. The molecule has 6 nitrogen and oxygen atoms in total. The van der Waals surface area contributed by atoms with Gasteiger partial charge in [-0.2, -0.15) is 0 Å². The molecule has 3 N–H and O–H groups in total. The maximum Gasteiger partial charge on any atom is 0.407 e. The lowest BCUT2D eigenvalue weighted by Crippen LogP contribution is -2.45. The van der Waals surface area contributed by atoms with Crippen molar-refractivity contribution >= 4 is 11.8 Å². The average molecular weight is 292 g/mol. The van der Waals surface area contributed by atoms with E-state index in [4.69, 9.17) is 9.94 Å². The molecule has 0 heterocycles. The molecule has 1 aliphatic rings. The summed E-state index contributed by atoms with van der Waals surface area (Å²) in [6.07, 6.45) is 1.23. The van der Waals surface area contributed by atoms with E-state index in [2.05, 4.69) is 10.5 Å². The van der Waals surface area contributed by atoms with Gasteiger partial charge < -0.3 is 20.4 Å². The summed E-state index contributed by atoms with van der Waals surface area (Å²) in [5.41, 5.74) is 1.58. The van der Waals surface area contributed by atoms with Crippen LogP contribution in [0, 0.1) is 5.92 Å². The highest BCUT2D eigenvalue weighted by atomic mass is 16.5. The van der Waals surface area contributed by atoms with Gasteiger partial charge in [-0.3, -0.25) is 0 Å². The van der Waals surface area contributed by atoms with Crippen LogP contribution in [0.5, 0.6) is 0 Å². The van der Waals surface area contributed by atoms with E-state index in [0.717, 1.165) is 5.56 Å². The number of ether oxygens (including phenoxy) is 1. The molecule has 21 heavy (non-hydrogen) atoms. The summed E-state index contributed by atoms with van der Waals surface area (Å²) in [5, 5.41) is 24.1. The molecule has 1 amide bonds. The monoisotopic (exact) mass is 292 g/mol. The minimum Gasteiger partial charge on any atom is -0.445 e. The lowest BCUT2D eigenvalue weighted by Gasteiger charge is -2.30. The largest absolute Gasteiger partial charge is 0.445 e. The van der Waals surface area contributed by atoms with Crippen molar-refractivity contribution in [1.29, 1.82) is 0 Å². The molecule has 2 atom stereocenters. The Labute approximate surface area is 123 Å². The Bertz CT molecular complexity index is 490. The fraction of sp³-hybridized carbons (Fsp3) is 0.467. The fourth-order valence-electron chi connectivity index (χ4n) is 2.49. The summed E-state index contributed by atoms with van der Waals surface area (Å²) < 4.78 is 5.17. The summed E-state index contributed by atoms with van der Waals surface area (Å²) in [4.78, 5) is 11.8. The maximum atomic E-state index is 11.8. The number of alkyl carbamates (subject to hydrolysis) is 1. The zero-order chi connectivity index (χ0) is 15.1. The van der Waals surface area contributed by atoms with Gasteiger partial charge in [-0.25, -0.2) is 4.79 Å². The van der Waals surface area contributed by atoms with E-state index in [-0.39, 0.29) is 25.2 Å². The Balaban J connectivity index is 1.81. The number of amides is 1. The lowest BCUT2D eigenvalue weighted by atomic mass is 9.84. The molecule has 0 aromatic heterocycles. The molecule has 1 aromatic carbocycles. The molecule has 1 fully saturated rings. The second-order valence-electron chi connectivity index (χ2n) is 5.16. The highest BCUT2D eigenvalue weighted by Crippen LogP contribution is 2.22. The molecular formula is C15H20N2O4. The second kappa shape index (κ2) is 7.64. The van der Waals surface area contributed by atoms with Gasteiger partial charge in [-0.1, -0.05) is 35.5 Å². The molecule has 0 saturated heterocycles. The number of nitrogens with zero attached hydrogens (tertiary/aromatic N) is 1. The van der Waals surface area contributed by atoms with E-state index in [9.17, 15) is 9.90 Å². The van der Waals surface area contributed by atoms with Crippen molar-refractivity contribution in [2.24, 2.45) is 11.1 Å². The fourth-order valence-corrected chi connectivity index (χ4v) is 2.49. The Morgan fingerprint density at radius 1 is 1.38 bits per heavy atom. The summed E-state index contributed by atoms with van der Waals surface area (Å²) in [6.45, 7) is 0.148. The third-order valence-corrected chi connectivity index (χ3v) is 3.70. The molecule has 2 unspecified atom stereocenters. The van der Waals surface area contributed by atoms with E-state index in [1.807, 2.05) is 30.3 Å². The van der Waals surface area contributed by atoms with Crippen molar-refractivity contribution in [3.63, 3.8) is 0 Å². The van der Waals surface area contributed by atoms with Crippen LogP contribution in [0.15, 0.2) is 35.5 Å². The van der Waals surface area contributed by atoms with E-state index in [0.29, 0.717) is 25.0 Å². The molecule has 1 aliphatic carbocycles. The van der Waals surface area contributed by atoms with Crippen molar-refractivity contribution < 1.29 is 19.8 Å². The van der Waals surface area contributed by atoms with Crippen molar-refractivity contribution in [1.82, 2.24) is 5.32 Å². The van der Waals surface area contributed by atoms with Crippen molar-refractivity contribution in [2.45, 2.75) is 31.9 Å². The SMILES string of the molecule is O=C(NC1CC/C(=N/O)CC1CO)OCc1ccccc1. The molecule has 0 bridgehead atoms. The summed E-state index contributed by atoms with van der Waals surface area (Å²) in [6, 6.07) is 9.27. The number of carbonyl (C=O) groups is 1. The van der Waals surface area contributed by atoms with E-state index in [1.165, 1.54) is 0 Å². The van der Waals surface area contributed by atoms with Gasteiger partial charge >= 0.3 is 6.09 Å². The molecule has 0 radical (unpaired) electrons. The Morgan fingerprint density at radius 3 is 2.81 bits per heavy atom. The number of oxime groups is 1. The summed E-state index contributed by atoms with van der Waals surface area (Å²) in [7, 11) is 0. The maximum absolute atomic E-state index is 11.8. The zero-order valence-corrected chi connectivity index (χ0v) is 11.7. The van der Waals surface area contributed by atoms with Gasteiger partial charge in [-0.05, 0) is 24.8 Å². The number of aliphatic hydroxyl groups is 1. The molecule has 0 aliphatic heterocycles. The van der Waals surface area contributed by atoms with Gasteiger partial charge in [0.2, 0.25) is 0 Å². The van der Waals surface area contributed by atoms with Gasteiger partial charge in [-0.15, -0.1) is 0 Å². The van der Waals surface area contributed by atoms with Crippen LogP contribution in [-0.2, 0) is 11.3 Å². The molecule has 1 saturated carbocycles. The van der Waals surface area contributed by atoms with Crippen LogP contribution in [0.1, 0.15) is 24.8 Å². The molecule has 0 spiro atoms. The first-order chi connectivity index (χ1) is 10.2. The van der Waals surface area contributed by atoms with E-state index in [1.54, 1.807) is 0 Å². The van der Waals surface area contributed by atoms with Crippen LogP contribution in [0.3, 0.4) is 0 Å². The number of benzene rings is 1. The molecule has 114 valence electrons. The van der Waals surface area contributed by atoms with Crippen molar-refractivity contribution in [2.75, 3.05) is 6.61 Å². The number of rotatable bonds is 4. The van der Waals surface area contributed by atoms with Crippen LogP contribution >= 0.6 is 0 Å². The standard InChI is InChI=1S/C15H20N2O4/c18-9-12-8-13(17-20)6-7-14(12)16-15(19)21-10-11-4-2-1-3-5-11/h1-5,12,14,18,20H,6-10H2,(H,16,19)/b17-13-. The molecule has 2 rings (SSSR count). The predicted molar refractivity (Wildman–Crippen MR) is 77.2 cm³/mol. The minimum absolute atomic E-state index is 0.0668. The molecule has 1 aromatic rings. The number of aliphatic hydroxyl groups excluding tert-OH is 1. The third-order valence-electron chi connectivity index (χ3n) is 3.70. The van der Waals surface area contributed by atoms with E-state index < -0.39 is 6.09 Å². The van der Waals surface area contributed by atoms with Crippen LogP contribution in [-0.4, -0.2) is 34.8 Å². The number of nitrogens with one attached hydrogen (secondary N) is 1. The first-order valence-electron chi connectivity index (χ1n) is 7.00. The third kappa shape index (κ3) is 4.46. The predicted octanol–water partition coefficient (Wildman–Crippen LogP) is 1.90. The second-order valence-corrected chi connectivity index (χ2v) is 5.16. The molecule has 6 heteroatoms. The van der Waals surface area contributed by atoms with Gasteiger partial charge in [0.25, 0.3) is 0 Å². The Morgan fingerprint density at radius 2 is 2.14 bits per heavy atom. The smallest absolute Gasteiger partial charge is 0.407 e. The molecular weight excluding hydrogens is 272 g/mol. The summed E-state index contributed by atoms with van der Waals surface area (Å²) in [5.74, 6) is -0.145. The first-order valence-corrected chi connectivity index (χ1v) is 7.00. The van der Waals surface area contributed by atoms with Gasteiger partial charge in [0.05, 0.1) is 5.71 Å². The lowest BCUT2D eigenvalue weighted by molar-refractivity contribution is 0.121. The van der Waals surface area contributed by atoms with Gasteiger partial charge in [0.1, 0.15) is 6.61 Å². The topological polar surface area (TPSA) is 91.2 Å². The van der Waals surface area contributed by atoms with Crippen LogP contribution in [0.2, 0.25) is 0 Å². The quantitative estimate of drug-likeness (QED) is 0.584. The zero-order valence-electron chi connectivity index (χ0n) is 11.7. The number of hydrogen-bond donors (Lipinski definition) is 3. The van der Waals surface area contributed by atoms with Gasteiger partial charge in [0.15, 0.2) is 0 Å². The van der Waals surface area contributed by atoms with Crippen LogP contribution < -0.4 is 5.32 Å². The average Bonchev–Trinajstić information content (AvgIpc) is 2.54. The normalized spacial score (nSPS) is 23.8.